The fraction of sp³-hybridized carbons (Fsp3) is 0.300. The van der Waals surface area contributed by atoms with Crippen LogP contribution >= 0.6 is 0 Å². The van der Waals surface area contributed by atoms with Crippen LogP contribution in [-0.2, 0) is 0 Å². The van der Waals surface area contributed by atoms with Crippen molar-refractivity contribution in [2.45, 2.75) is 18.6 Å². The summed E-state index contributed by atoms with van der Waals surface area (Å²) in [6, 6.07) is 2.53. The van der Waals surface area contributed by atoms with Crippen LogP contribution in [0.2, 0.25) is 0 Å². The van der Waals surface area contributed by atoms with Gasteiger partial charge in [0.1, 0.15) is 11.8 Å². The SMILES string of the molecule is N#CCC(O)C(O)c1nccc(C(=O)O)c1F. The van der Waals surface area contributed by atoms with Gasteiger partial charge in [0.25, 0.3) is 0 Å². The van der Waals surface area contributed by atoms with E-state index in [9.17, 15) is 19.4 Å². The lowest BCUT2D eigenvalue weighted by molar-refractivity contribution is 0.0165. The van der Waals surface area contributed by atoms with Gasteiger partial charge in [0.15, 0.2) is 5.82 Å². The van der Waals surface area contributed by atoms with E-state index in [0.717, 1.165) is 12.3 Å². The van der Waals surface area contributed by atoms with E-state index in [-0.39, 0.29) is 0 Å². The summed E-state index contributed by atoms with van der Waals surface area (Å²) in [6.45, 7) is 0. The van der Waals surface area contributed by atoms with Crippen molar-refractivity contribution in [1.29, 1.82) is 5.26 Å². The number of hydrogen-bond acceptors (Lipinski definition) is 5. The molecular weight excluding hydrogens is 231 g/mol. The number of carbonyl (C=O) groups is 1. The Morgan fingerprint density at radius 3 is 2.76 bits per heavy atom. The summed E-state index contributed by atoms with van der Waals surface area (Å²) in [5, 5.41) is 35.8. The highest BCUT2D eigenvalue weighted by Crippen LogP contribution is 2.21. The van der Waals surface area contributed by atoms with E-state index in [1.807, 2.05) is 0 Å². The minimum atomic E-state index is -1.74. The van der Waals surface area contributed by atoms with Crippen molar-refractivity contribution in [1.82, 2.24) is 4.98 Å². The van der Waals surface area contributed by atoms with Gasteiger partial charge in [-0.3, -0.25) is 4.98 Å². The topological polar surface area (TPSA) is 114 Å². The van der Waals surface area contributed by atoms with Crippen LogP contribution in [0.25, 0.3) is 0 Å². The molecule has 0 fully saturated rings. The van der Waals surface area contributed by atoms with Crippen LogP contribution < -0.4 is 0 Å². The predicted molar refractivity (Wildman–Crippen MR) is 52.4 cm³/mol. The molecule has 3 N–H and O–H groups in total. The zero-order valence-electron chi connectivity index (χ0n) is 8.54. The number of carboxylic acids is 1. The van der Waals surface area contributed by atoms with Crippen LogP contribution in [0.4, 0.5) is 4.39 Å². The Morgan fingerprint density at radius 1 is 1.59 bits per heavy atom. The van der Waals surface area contributed by atoms with Gasteiger partial charge in [0.05, 0.1) is 24.2 Å². The van der Waals surface area contributed by atoms with Gasteiger partial charge in [-0.1, -0.05) is 0 Å². The maximum absolute atomic E-state index is 13.6. The summed E-state index contributed by atoms with van der Waals surface area (Å²) in [7, 11) is 0. The third-order valence-electron chi connectivity index (χ3n) is 2.09. The van der Waals surface area contributed by atoms with Crippen LogP contribution in [-0.4, -0.2) is 32.4 Å². The highest BCUT2D eigenvalue weighted by atomic mass is 19.1. The third kappa shape index (κ3) is 2.75. The average Bonchev–Trinajstić information content (AvgIpc) is 2.28. The smallest absolute Gasteiger partial charge is 0.338 e. The fourth-order valence-electron chi connectivity index (χ4n) is 1.22. The van der Waals surface area contributed by atoms with E-state index in [1.165, 1.54) is 0 Å². The van der Waals surface area contributed by atoms with Crippen LogP contribution in [0.1, 0.15) is 28.6 Å². The molecule has 90 valence electrons. The summed E-state index contributed by atoms with van der Waals surface area (Å²) >= 11 is 0. The Hall–Kier alpha value is -2.04. The number of carboxylic acid groups (broad SMARTS) is 1. The maximum atomic E-state index is 13.6. The molecule has 0 spiro atoms. The molecule has 6 nitrogen and oxygen atoms in total. The first-order chi connectivity index (χ1) is 7.99. The van der Waals surface area contributed by atoms with Crippen molar-refractivity contribution in [2.24, 2.45) is 0 Å². The summed E-state index contributed by atoms with van der Waals surface area (Å²) in [4.78, 5) is 14.1. The molecule has 0 bridgehead atoms. The van der Waals surface area contributed by atoms with Gasteiger partial charge in [-0.05, 0) is 6.07 Å². The number of aromatic carboxylic acids is 1. The lowest BCUT2D eigenvalue weighted by Gasteiger charge is -2.15. The van der Waals surface area contributed by atoms with E-state index in [1.54, 1.807) is 6.07 Å². The number of rotatable bonds is 4. The monoisotopic (exact) mass is 240 g/mol. The Labute approximate surface area is 95.6 Å². The fourth-order valence-corrected chi connectivity index (χ4v) is 1.22. The van der Waals surface area contributed by atoms with Gasteiger partial charge in [0, 0.05) is 6.20 Å². The molecule has 0 radical (unpaired) electrons. The summed E-state index contributed by atoms with van der Waals surface area (Å²) in [5.74, 6) is -2.72. The molecule has 2 atom stereocenters. The molecule has 0 saturated heterocycles. The largest absolute Gasteiger partial charge is 0.478 e. The van der Waals surface area contributed by atoms with Gasteiger partial charge in [-0.15, -0.1) is 0 Å². The molecule has 1 rings (SSSR count). The maximum Gasteiger partial charge on any atom is 0.338 e. The standard InChI is InChI=1S/C10H9FN2O4/c11-7-5(10(16)17)2-4-13-8(7)9(15)6(14)1-3-12/h2,4,6,9,14-15H,1H2,(H,16,17). The molecule has 1 heterocycles. The lowest BCUT2D eigenvalue weighted by Crippen LogP contribution is -2.21. The zero-order chi connectivity index (χ0) is 13.0. The van der Waals surface area contributed by atoms with E-state index in [4.69, 9.17) is 10.4 Å². The number of nitriles is 1. The third-order valence-corrected chi connectivity index (χ3v) is 2.09. The zero-order valence-corrected chi connectivity index (χ0v) is 8.54. The highest BCUT2D eigenvalue weighted by molar-refractivity contribution is 5.87. The predicted octanol–water partition coefficient (Wildman–Crippen LogP) is 0.227. The minimum absolute atomic E-state index is 0.417. The van der Waals surface area contributed by atoms with Crippen LogP contribution in [0.3, 0.4) is 0 Å². The summed E-state index contributed by atoms with van der Waals surface area (Å²) in [5.41, 5.74) is -1.24. The van der Waals surface area contributed by atoms with E-state index >= 15 is 0 Å². The van der Waals surface area contributed by atoms with Gasteiger partial charge < -0.3 is 15.3 Å². The first-order valence-corrected chi connectivity index (χ1v) is 4.59. The van der Waals surface area contributed by atoms with Gasteiger partial charge in [0.2, 0.25) is 0 Å². The van der Waals surface area contributed by atoms with E-state index in [2.05, 4.69) is 4.98 Å². The molecule has 17 heavy (non-hydrogen) atoms. The second-order valence-electron chi connectivity index (χ2n) is 3.24. The summed E-state index contributed by atoms with van der Waals surface area (Å²) in [6.07, 6.45) is -2.68. The first-order valence-electron chi connectivity index (χ1n) is 4.59. The molecule has 0 aliphatic heterocycles. The Morgan fingerprint density at radius 2 is 2.24 bits per heavy atom. The minimum Gasteiger partial charge on any atom is -0.478 e. The number of hydrogen-bond donors (Lipinski definition) is 3. The molecule has 0 saturated carbocycles. The molecule has 0 amide bonds. The van der Waals surface area contributed by atoms with E-state index < -0.39 is 41.7 Å². The number of nitrogens with zero attached hydrogens (tertiary/aromatic N) is 2. The average molecular weight is 240 g/mol. The molecule has 1 aromatic rings. The van der Waals surface area contributed by atoms with Gasteiger partial charge in [-0.25, -0.2) is 9.18 Å². The Kier molecular flexibility index (Phi) is 4.09. The van der Waals surface area contributed by atoms with E-state index in [0.29, 0.717) is 0 Å². The quantitative estimate of drug-likeness (QED) is 0.693. The normalized spacial score (nSPS) is 13.8. The number of aliphatic hydroxyl groups is 2. The highest BCUT2D eigenvalue weighted by Gasteiger charge is 2.25. The van der Waals surface area contributed by atoms with Gasteiger partial charge >= 0.3 is 5.97 Å². The second kappa shape index (κ2) is 5.34. The summed E-state index contributed by atoms with van der Waals surface area (Å²) < 4.78 is 13.6. The second-order valence-corrected chi connectivity index (χ2v) is 3.24. The first kappa shape index (κ1) is 13.0. The molecular formula is C10H9FN2O4. The number of aromatic nitrogens is 1. The number of halogens is 1. The molecule has 1 aromatic heterocycles. The van der Waals surface area contributed by atoms with Crippen molar-refractivity contribution in [3.05, 3.63) is 29.3 Å². The van der Waals surface area contributed by atoms with Crippen molar-refractivity contribution in [3.8, 4) is 6.07 Å². The Balaban J connectivity index is 3.11. The molecule has 0 aliphatic carbocycles. The van der Waals surface area contributed by atoms with Crippen molar-refractivity contribution < 1.29 is 24.5 Å². The lowest BCUT2D eigenvalue weighted by atomic mass is 10.1. The van der Waals surface area contributed by atoms with Gasteiger partial charge in [-0.2, -0.15) is 5.26 Å². The molecule has 0 aromatic carbocycles. The molecule has 0 aliphatic rings. The number of pyridine rings is 1. The van der Waals surface area contributed by atoms with Crippen molar-refractivity contribution in [2.75, 3.05) is 0 Å². The molecule has 7 heteroatoms. The Bertz CT molecular complexity index is 472. The van der Waals surface area contributed by atoms with Crippen molar-refractivity contribution >= 4 is 5.97 Å². The van der Waals surface area contributed by atoms with Crippen LogP contribution in [0.15, 0.2) is 12.3 Å². The molecule has 2 unspecified atom stereocenters. The van der Waals surface area contributed by atoms with Crippen LogP contribution in [0, 0.1) is 17.1 Å². The number of aliphatic hydroxyl groups excluding tert-OH is 2. The van der Waals surface area contributed by atoms with Crippen LogP contribution in [0.5, 0.6) is 0 Å². The van der Waals surface area contributed by atoms with Crippen molar-refractivity contribution in [3.63, 3.8) is 0 Å².